The van der Waals surface area contributed by atoms with Gasteiger partial charge >= 0.3 is 0 Å². The van der Waals surface area contributed by atoms with Gasteiger partial charge in [-0.05, 0) is 26.2 Å². The van der Waals surface area contributed by atoms with E-state index in [1.54, 1.807) is 0 Å². The van der Waals surface area contributed by atoms with Gasteiger partial charge in [-0.15, -0.1) is 0 Å². The minimum atomic E-state index is 1.25. The highest BCUT2D eigenvalue weighted by atomic mass is 13.9. The molecule has 0 aromatic carbocycles. The molecule has 0 heterocycles. The minimum Gasteiger partial charge on any atom is -0.0917 e. The zero-order chi connectivity index (χ0) is 6.95. The van der Waals surface area contributed by atoms with Crippen LogP contribution in [-0.2, 0) is 0 Å². The summed E-state index contributed by atoms with van der Waals surface area (Å²) in [6.45, 7) is 4.20. The van der Waals surface area contributed by atoms with Crippen LogP contribution in [0.15, 0.2) is 12.2 Å². The molecule has 0 aromatic heterocycles. The molecular weight excluding hydrogens is 108 g/mol. The predicted molar refractivity (Wildman–Crippen MR) is 43.3 cm³/mol. The first-order chi connectivity index (χ1) is 4.41. The Balaban J connectivity index is 2.75. The average Bonchev–Trinajstić information content (AvgIpc) is 1.89. The summed E-state index contributed by atoms with van der Waals surface area (Å²) in [4.78, 5) is 0. The highest BCUT2D eigenvalue weighted by Crippen LogP contribution is 2.01. The number of hydrogen-bond donors (Lipinski definition) is 0. The van der Waals surface area contributed by atoms with Gasteiger partial charge in [0, 0.05) is 0 Å². The second-order valence-electron chi connectivity index (χ2n) is 2.26. The third-order valence-corrected chi connectivity index (χ3v) is 1.35. The van der Waals surface area contributed by atoms with Crippen LogP contribution < -0.4 is 0 Å². The van der Waals surface area contributed by atoms with Crippen LogP contribution >= 0.6 is 0 Å². The van der Waals surface area contributed by atoms with Crippen molar-refractivity contribution < 1.29 is 0 Å². The Bertz CT molecular complexity index is 62.4. The molecule has 0 aliphatic heterocycles. The SMILES string of the molecule is C[CH]CCCCC=CC. The van der Waals surface area contributed by atoms with Crippen molar-refractivity contribution in [2.45, 2.75) is 39.5 Å². The minimum absolute atomic E-state index is 1.25. The fraction of sp³-hybridized carbons (Fsp3) is 0.667. The van der Waals surface area contributed by atoms with E-state index in [0.29, 0.717) is 0 Å². The molecular formula is C9H17. The first kappa shape index (κ1) is 8.74. The molecule has 0 nitrogen and oxygen atoms in total. The standard InChI is InChI=1S/C9H17/c1-3-5-7-9-8-6-4-2/h3-5H,6-9H2,1-2H3. The molecule has 0 aromatic rings. The largest absolute Gasteiger partial charge is 0.0917 e. The van der Waals surface area contributed by atoms with Gasteiger partial charge in [0.1, 0.15) is 0 Å². The Morgan fingerprint density at radius 3 is 2.22 bits per heavy atom. The lowest BCUT2D eigenvalue weighted by molar-refractivity contribution is 0.739. The number of rotatable bonds is 5. The Morgan fingerprint density at radius 2 is 1.67 bits per heavy atom. The van der Waals surface area contributed by atoms with Crippen molar-refractivity contribution in [2.75, 3.05) is 0 Å². The van der Waals surface area contributed by atoms with Gasteiger partial charge in [-0.25, -0.2) is 0 Å². The van der Waals surface area contributed by atoms with E-state index in [1.165, 1.54) is 25.7 Å². The molecule has 53 valence electrons. The van der Waals surface area contributed by atoms with Crippen LogP contribution in [0.3, 0.4) is 0 Å². The molecule has 0 amide bonds. The van der Waals surface area contributed by atoms with Crippen LogP contribution in [0.2, 0.25) is 0 Å². The van der Waals surface area contributed by atoms with E-state index in [0.717, 1.165) is 0 Å². The summed E-state index contributed by atoms with van der Waals surface area (Å²) in [5.74, 6) is 0. The Hall–Kier alpha value is -0.260. The molecule has 0 fully saturated rings. The Labute approximate surface area is 59.0 Å². The average molecular weight is 125 g/mol. The maximum absolute atomic E-state index is 2.23. The molecule has 0 rings (SSSR count). The van der Waals surface area contributed by atoms with E-state index in [2.05, 4.69) is 32.4 Å². The lowest BCUT2D eigenvalue weighted by Gasteiger charge is -1.92. The first-order valence-corrected chi connectivity index (χ1v) is 3.80. The first-order valence-electron chi connectivity index (χ1n) is 3.80. The summed E-state index contributed by atoms with van der Waals surface area (Å²) in [5.41, 5.74) is 0. The molecule has 1 radical (unpaired) electrons. The van der Waals surface area contributed by atoms with Crippen molar-refractivity contribution in [3.63, 3.8) is 0 Å². The predicted octanol–water partition coefficient (Wildman–Crippen LogP) is 3.35. The summed E-state index contributed by atoms with van der Waals surface area (Å²) in [5, 5.41) is 0. The topological polar surface area (TPSA) is 0 Å². The van der Waals surface area contributed by atoms with Crippen LogP contribution in [0.1, 0.15) is 39.5 Å². The van der Waals surface area contributed by atoms with Crippen LogP contribution in [0.5, 0.6) is 0 Å². The van der Waals surface area contributed by atoms with Gasteiger partial charge in [0.05, 0.1) is 0 Å². The molecule has 0 saturated heterocycles. The molecule has 0 saturated carbocycles. The third-order valence-electron chi connectivity index (χ3n) is 1.35. The monoisotopic (exact) mass is 125 g/mol. The zero-order valence-electron chi connectivity index (χ0n) is 6.56. The van der Waals surface area contributed by atoms with Gasteiger partial charge in [0.25, 0.3) is 0 Å². The molecule has 9 heavy (non-hydrogen) atoms. The van der Waals surface area contributed by atoms with E-state index < -0.39 is 0 Å². The summed E-state index contributed by atoms with van der Waals surface area (Å²) in [6, 6.07) is 0. The quantitative estimate of drug-likeness (QED) is 0.390. The van der Waals surface area contributed by atoms with Crippen LogP contribution in [0.25, 0.3) is 0 Å². The van der Waals surface area contributed by atoms with Crippen molar-refractivity contribution in [1.29, 1.82) is 0 Å². The smallest absolute Gasteiger partial charge is 0.0351 e. The van der Waals surface area contributed by atoms with Crippen molar-refractivity contribution in [2.24, 2.45) is 0 Å². The van der Waals surface area contributed by atoms with E-state index in [4.69, 9.17) is 0 Å². The molecule has 0 aliphatic rings. The van der Waals surface area contributed by atoms with Crippen molar-refractivity contribution in [3.05, 3.63) is 18.6 Å². The lowest BCUT2D eigenvalue weighted by atomic mass is 10.1. The van der Waals surface area contributed by atoms with Crippen LogP contribution in [-0.4, -0.2) is 0 Å². The normalized spacial score (nSPS) is 10.9. The van der Waals surface area contributed by atoms with Gasteiger partial charge in [-0.1, -0.05) is 31.9 Å². The zero-order valence-corrected chi connectivity index (χ0v) is 6.56. The summed E-state index contributed by atoms with van der Waals surface area (Å²) < 4.78 is 0. The highest BCUT2D eigenvalue weighted by molar-refractivity contribution is 4.76. The van der Waals surface area contributed by atoms with Gasteiger partial charge in [0.15, 0.2) is 0 Å². The molecule has 0 unspecified atom stereocenters. The van der Waals surface area contributed by atoms with E-state index in [-0.39, 0.29) is 0 Å². The summed E-state index contributed by atoms with van der Waals surface area (Å²) in [6.07, 6.45) is 11.8. The van der Waals surface area contributed by atoms with Gasteiger partial charge < -0.3 is 0 Å². The van der Waals surface area contributed by atoms with E-state index in [9.17, 15) is 0 Å². The fourth-order valence-electron chi connectivity index (χ4n) is 0.777. The van der Waals surface area contributed by atoms with Crippen molar-refractivity contribution >= 4 is 0 Å². The third kappa shape index (κ3) is 7.74. The molecule has 0 heteroatoms. The maximum atomic E-state index is 2.23. The molecule has 0 atom stereocenters. The Morgan fingerprint density at radius 1 is 1.00 bits per heavy atom. The molecule has 0 bridgehead atoms. The number of allylic oxidation sites excluding steroid dienone is 2. The maximum Gasteiger partial charge on any atom is -0.0351 e. The number of unbranched alkanes of at least 4 members (excludes halogenated alkanes) is 4. The van der Waals surface area contributed by atoms with Gasteiger partial charge in [-0.3, -0.25) is 0 Å². The fourth-order valence-corrected chi connectivity index (χ4v) is 0.777. The molecule has 0 spiro atoms. The number of hydrogen-bond acceptors (Lipinski definition) is 0. The Kier molecular flexibility index (Phi) is 7.52. The van der Waals surface area contributed by atoms with Crippen molar-refractivity contribution in [1.82, 2.24) is 0 Å². The second-order valence-corrected chi connectivity index (χ2v) is 2.26. The van der Waals surface area contributed by atoms with E-state index in [1.807, 2.05) is 0 Å². The van der Waals surface area contributed by atoms with E-state index >= 15 is 0 Å². The molecule has 0 N–H and O–H groups in total. The molecule has 0 aliphatic carbocycles. The van der Waals surface area contributed by atoms with Gasteiger partial charge in [-0.2, -0.15) is 0 Å². The van der Waals surface area contributed by atoms with Crippen LogP contribution in [0, 0.1) is 6.42 Å². The summed E-state index contributed by atoms with van der Waals surface area (Å²) >= 11 is 0. The second kappa shape index (κ2) is 7.74. The van der Waals surface area contributed by atoms with Gasteiger partial charge in [0.2, 0.25) is 0 Å². The van der Waals surface area contributed by atoms with Crippen molar-refractivity contribution in [3.8, 4) is 0 Å². The van der Waals surface area contributed by atoms with Crippen LogP contribution in [0.4, 0.5) is 0 Å². The lowest BCUT2D eigenvalue weighted by Crippen LogP contribution is -1.73. The summed E-state index contributed by atoms with van der Waals surface area (Å²) in [7, 11) is 0. The highest BCUT2D eigenvalue weighted by Gasteiger charge is 1.82.